The van der Waals surface area contributed by atoms with Crippen molar-refractivity contribution in [3.05, 3.63) is 41.2 Å². The fourth-order valence-corrected chi connectivity index (χ4v) is 2.09. The van der Waals surface area contributed by atoms with Crippen LogP contribution in [0.25, 0.3) is 10.8 Å². The Morgan fingerprint density at radius 1 is 1.25 bits per heavy atom. The molecule has 0 N–H and O–H groups in total. The molecular formula is C14H15FO. The summed E-state index contributed by atoms with van der Waals surface area (Å²) in [7, 11) is 1.65. The van der Waals surface area contributed by atoms with Gasteiger partial charge in [-0.1, -0.05) is 13.0 Å². The number of fused-ring (bicyclic) bond motifs is 1. The fraction of sp³-hybridized carbons (Fsp3) is 0.286. The van der Waals surface area contributed by atoms with Gasteiger partial charge in [-0.2, -0.15) is 0 Å². The van der Waals surface area contributed by atoms with E-state index in [0.29, 0.717) is 0 Å². The lowest BCUT2D eigenvalue weighted by Crippen LogP contribution is -1.93. The van der Waals surface area contributed by atoms with Gasteiger partial charge in [0, 0.05) is 0 Å². The maximum absolute atomic E-state index is 13.5. The van der Waals surface area contributed by atoms with E-state index < -0.39 is 0 Å². The predicted octanol–water partition coefficient (Wildman–Crippen LogP) is 3.86. The number of rotatable bonds is 2. The Morgan fingerprint density at radius 2 is 2.00 bits per heavy atom. The fourth-order valence-electron chi connectivity index (χ4n) is 2.09. The first-order chi connectivity index (χ1) is 7.67. The van der Waals surface area contributed by atoms with Crippen molar-refractivity contribution in [1.82, 2.24) is 0 Å². The van der Waals surface area contributed by atoms with E-state index in [4.69, 9.17) is 4.74 Å². The van der Waals surface area contributed by atoms with E-state index in [2.05, 4.69) is 6.92 Å². The molecule has 0 unspecified atom stereocenters. The molecule has 2 rings (SSSR count). The van der Waals surface area contributed by atoms with Crippen LogP contribution in [0.4, 0.5) is 4.39 Å². The second-order valence-corrected chi connectivity index (χ2v) is 3.91. The molecule has 84 valence electrons. The number of halogens is 1. The van der Waals surface area contributed by atoms with Crippen LogP contribution >= 0.6 is 0 Å². The van der Waals surface area contributed by atoms with Gasteiger partial charge in [0.15, 0.2) is 0 Å². The SMILES string of the molecule is CCc1cc(OC)cc2ccc(F)c(C)c12. The first-order valence-electron chi connectivity index (χ1n) is 5.43. The van der Waals surface area contributed by atoms with E-state index in [0.717, 1.165) is 34.1 Å². The lowest BCUT2D eigenvalue weighted by atomic mass is 9.97. The third kappa shape index (κ3) is 1.64. The average Bonchev–Trinajstić information content (AvgIpc) is 2.32. The van der Waals surface area contributed by atoms with Crippen LogP contribution in [0.3, 0.4) is 0 Å². The van der Waals surface area contributed by atoms with Crippen LogP contribution in [0.1, 0.15) is 18.1 Å². The Hall–Kier alpha value is -1.57. The zero-order valence-electron chi connectivity index (χ0n) is 9.80. The van der Waals surface area contributed by atoms with Crippen LogP contribution in [0.5, 0.6) is 5.75 Å². The number of hydrogen-bond donors (Lipinski definition) is 0. The second-order valence-electron chi connectivity index (χ2n) is 3.91. The van der Waals surface area contributed by atoms with Crippen LogP contribution in [-0.4, -0.2) is 7.11 Å². The van der Waals surface area contributed by atoms with Crippen molar-refractivity contribution in [2.45, 2.75) is 20.3 Å². The van der Waals surface area contributed by atoms with Crippen molar-refractivity contribution in [2.24, 2.45) is 0 Å². The van der Waals surface area contributed by atoms with E-state index in [9.17, 15) is 4.39 Å². The highest BCUT2D eigenvalue weighted by atomic mass is 19.1. The molecule has 1 nitrogen and oxygen atoms in total. The summed E-state index contributed by atoms with van der Waals surface area (Å²) < 4.78 is 18.8. The van der Waals surface area contributed by atoms with Gasteiger partial charge in [0.1, 0.15) is 11.6 Å². The van der Waals surface area contributed by atoms with Crippen LogP contribution in [0.2, 0.25) is 0 Å². The monoisotopic (exact) mass is 218 g/mol. The van der Waals surface area contributed by atoms with Crippen molar-refractivity contribution in [3.63, 3.8) is 0 Å². The molecule has 0 saturated heterocycles. The van der Waals surface area contributed by atoms with E-state index in [1.165, 1.54) is 6.07 Å². The summed E-state index contributed by atoms with van der Waals surface area (Å²) in [4.78, 5) is 0. The summed E-state index contributed by atoms with van der Waals surface area (Å²) in [5.41, 5.74) is 1.85. The zero-order valence-corrected chi connectivity index (χ0v) is 9.80. The summed E-state index contributed by atoms with van der Waals surface area (Å²) in [6.07, 6.45) is 0.873. The molecule has 16 heavy (non-hydrogen) atoms. The first kappa shape index (κ1) is 10.9. The van der Waals surface area contributed by atoms with Crippen molar-refractivity contribution in [2.75, 3.05) is 7.11 Å². The number of hydrogen-bond acceptors (Lipinski definition) is 1. The van der Waals surface area contributed by atoms with Crippen LogP contribution < -0.4 is 4.74 Å². The van der Waals surface area contributed by atoms with Crippen LogP contribution in [-0.2, 0) is 6.42 Å². The Balaban J connectivity index is 2.84. The minimum absolute atomic E-state index is 0.146. The third-order valence-electron chi connectivity index (χ3n) is 2.98. The van der Waals surface area contributed by atoms with Gasteiger partial charge in [-0.15, -0.1) is 0 Å². The number of ether oxygens (including phenoxy) is 1. The van der Waals surface area contributed by atoms with Gasteiger partial charge >= 0.3 is 0 Å². The Morgan fingerprint density at radius 3 is 2.62 bits per heavy atom. The highest BCUT2D eigenvalue weighted by molar-refractivity contribution is 5.90. The quantitative estimate of drug-likeness (QED) is 0.743. The number of benzene rings is 2. The second kappa shape index (κ2) is 4.12. The van der Waals surface area contributed by atoms with Crippen molar-refractivity contribution >= 4 is 10.8 Å². The maximum atomic E-state index is 13.5. The largest absolute Gasteiger partial charge is 0.497 e. The standard InChI is InChI=1S/C14H15FO/c1-4-10-7-12(16-3)8-11-5-6-13(15)9(2)14(10)11/h5-8H,4H2,1-3H3. The van der Waals surface area contributed by atoms with Crippen molar-refractivity contribution in [1.29, 1.82) is 0 Å². The predicted molar refractivity (Wildman–Crippen MR) is 64.6 cm³/mol. The van der Waals surface area contributed by atoms with Gasteiger partial charge in [-0.05, 0) is 53.4 Å². The molecule has 2 heteroatoms. The zero-order chi connectivity index (χ0) is 11.7. The van der Waals surface area contributed by atoms with E-state index in [-0.39, 0.29) is 5.82 Å². The Kier molecular flexibility index (Phi) is 2.82. The lowest BCUT2D eigenvalue weighted by Gasteiger charge is -2.11. The summed E-state index contributed by atoms with van der Waals surface area (Å²) in [6.45, 7) is 3.89. The Bertz CT molecular complexity index is 532. The molecule has 0 spiro atoms. The molecule has 0 aliphatic rings. The lowest BCUT2D eigenvalue weighted by molar-refractivity contribution is 0.415. The molecule has 0 amide bonds. The highest BCUT2D eigenvalue weighted by Gasteiger charge is 2.08. The summed E-state index contributed by atoms with van der Waals surface area (Å²) >= 11 is 0. The molecule has 0 aliphatic carbocycles. The molecule has 2 aromatic carbocycles. The first-order valence-corrected chi connectivity index (χ1v) is 5.43. The van der Waals surface area contributed by atoms with Gasteiger partial charge in [-0.25, -0.2) is 4.39 Å². The maximum Gasteiger partial charge on any atom is 0.126 e. The molecule has 0 aliphatic heterocycles. The topological polar surface area (TPSA) is 9.23 Å². The molecule has 0 atom stereocenters. The molecule has 2 aromatic rings. The summed E-state index contributed by atoms with van der Waals surface area (Å²) in [6, 6.07) is 7.24. The van der Waals surface area contributed by atoms with E-state index in [1.54, 1.807) is 13.2 Å². The molecule has 0 bridgehead atoms. The van der Waals surface area contributed by atoms with Crippen molar-refractivity contribution < 1.29 is 9.13 Å². The van der Waals surface area contributed by atoms with Gasteiger partial charge in [-0.3, -0.25) is 0 Å². The molecule has 0 heterocycles. The summed E-state index contributed by atoms with van der Waals surface area (Å²) in [5.74, 6) is 0.683. The molecule has 0 saturated carbocycles. The minimum atomic E-state index is -0.146. The van der Waals surface area contributed by atoms with Gasteiger partial charge in [0.25, 0.3) is 0 Å². The van der Waals surface area contributed by atoms with E-state index >= 15 is 0 Å². The van der Waals surface area contributed by atoms with Gasteiger partial charge in [0.05, 0.1) is 7.11 Å². The smallest absolute Gasteiger partial charge is 0.126 e. The van der Waals surface area contributed by atoms with E-state index in [1.807, 2.05) is 19.1 Å². The van der Waals surface area contributed by atoms with Gasteiger partial charge < -0.3 is 4.74 Å². The summed E-state index contributed by atoms with van der Waals surface area (Å²) in [5, 5.41) is 2.05. The molecular weight excluding hydrogens is 203 g/mol. The van der Waals surface area contributed by atoms with Gasteiger partial charge in [0.2, 0.25) is 0 Å². The third-order valence-corrected chi connectivity index (χ3v) is 2.98. The van der Waals surface area contributed by atoms with Crippen molar-refractivity contribution in [3.8, 4) is 5.75 Å². The number of aryl methyl sites for hydroxylation is 2. The average molecular weight is 218 g/mol. The number of methoxy groups -OCH3 is 1. The Labute approximate surface area is 94.9 Å². The normalized spacial score (nSPS) is 10.8. The molecule has 0 radical (unpaired) electrons. The highest BCUT2D eigenvalue weighted by Crippen LogP contribution is 2.29. The molecule has 0 aromatic heterocycles. The molecule has 0 fully saturated rings. The van der Waals surface area contributed by atoms with Crippen LogP contribution in [0.15, 0.2) is 24.3 Å². The minimum Gasteiger partial charge on any atom is -0.497 e. The van der Waals surface area contributed by atoms with Crippen LogP contribution in [0, 0.1) is 12.7 Å².